The molecule has 1 aromatic carbocycles. The standard InChI is InChI=1S/C19H28N2O2S/c22-24(23)18-15-11-10-14-17(18)19(21-24)20-16-12-8-6-4-2-1-3-5-7-9-13-16/h10-11,14-16H,1-9,12-13H2,(H,20,21). The zero-order valence-electron chi connectivity index (χ0n) is 14.3. The van der Waals surface area contributed by atoms with Gasteiger partial charge in [-0.1, -0.05) is 69.9 Å². The highest BCUT2D eigenvalue weighted by Gasteiger charge is 2.30. The van der Waals surface area contributed by atoms with Crippen molar-refractivity contribution in [3.05, 3.63) is 29.8 Å². The van der Waals surface area contributed by atoms with Crippen molar-refractivity contribution in [1.82, 2.24) is 4.72 Å². The van der Waals surface area contributed by atoms with E-state index in [4.69, 9.17) is 4.99 Å². The Kier molecular flexibility index (Phi) is 5.93. The lowest BCUT2D eigenvalue weighted by Gasteiger charge is -2.15. The minimum atomic E-state index is -3.43. The van der Waals surface area contributed by atoms with Crippen molar-refractivity contribution in [2.45, 2.75) is 81.6 Å². The fourth-order valence-electron chi connectivity index (χ4n) is 3.68. The molecule has 3 rings (SSSR count). The van der Waals surface area contributed by atoms with E-state index >= 15 is 0 Å². The largest absolute Gasteiger partial charge is 0.264 e. The monoisotopic (exact) mass is 348 g/mol. The normalized spacial score (nSPS) is 24.6. The molecule has 1 fully saturated rings. The van der Waals surface area contributed by atoms with Gasteiger partial charge in [0.15, 0.2) is 0 Å². The van der Waals surface area contributed by atoms with E-state index in [0.717, 1.165) is 18.4 Å². The molecular weight excluding hydrogens is 320 g/mol. The van der Waals surface area contributed by atoms with Gasteiger partial charge < -0.3 is 0 Å². The second-order valence-corrected chi connectivity index (χ2v) is 8.64. The van der Waals surface area contributed by atoms with Crippen molar-refractivity contribution in [2.75, 3.05) is 0 Å². The number of nitrogens with zero attached hydrogens (tertiary/aromatic N) is 1. The van der Waals surface area contributed by atoms with Crippen LogP contribution in [0.1, 0.15) is 76.2 Å². The summed E-state index contributed by atoms with van der Waals surface area (Å²) in [5, 5.41) is 0. The van der Waals surface area contributed by atoms with Gasteiger partial charge in [0.25, 0.3) is 10.0 Å². The summed E-state index contributed by atoms with van der Waals surface area (Å²) in [5.74, 6) is 0.544. The van der Waals surface area contributed by atoms with Crippen LogP contribution < -0.4 is 4.72 Å². The molecule has 0 radical (unpaired) electrons. The molecule has 1 N–H and O–H groups in total. The van der Waals surface area contributed by atoms with Gasteiger partial charge in [-0.25, -0.2) is 8.42 Å². The summed E-state index contributed by atoms with van der Waals surface area (Å²) in [4.78, 5) is 5.18. The molecule has 0 saturated heterocycles. The summed E-state index contributed by atoms with van der Waals surface area (Å²) in [5.41, 5.74) is 0.726. The van der Waals surface area contributed by atoms with Gasteiger partial charge in [-0.3, -0.25) is 9.71 Å². The Morgan fingerprint density at radius 3 is 2.00 bits per heavy atom. The first-order valence-electron chi connectivity index (χ1n) is 9.37. The second kappa shape index (κ2) is 8.15. The van der Waals surface area contributed by atoms with Crippen molar-refractivity contribution in [1.29, 1.82) is 0 Å². The molecule has 1 heterocycles. The molecule has 2 aliphatic rings. The zero-order chi connectivity index (χ0) is 16.8. The van der Waals surface area contributed by atoms with Crippen molar-refractivity contribution in [3.63, 3.8) is 0 Å². The maximum absolute atomic E-state index is 12.2. The molecule has 0 bridgehead atoms. The molecular formula is C19H28N2O2S. The van der Waals surface area contributed by atoms with Gasteiger partial charge in [-0.2, -0.15) is 0 Å². The van der Waals surface area contributed by atoms with Crippen LogP contribution in [0.3, 0.4) is 0 Å². The topological polar surface area (TPSA) is 58.5 Å². The van der Waals surface area contributed by atoms with E-state index in [0.29, 0.717) is 10.7 Å². The number of hydrogen-bond donors (Lipinski definition) is 1. The van der Waals surface area contributed by atoms with Crippen LogP contribution in [-0.2, 0) is 10.0 Å². The molecule has 4 nitrogen and oxygen atoms in total. The van der Waals surface area contributed by atoms with Crippen LogP contribution in [0.15, 0.2) is 34.2 Å². The molecule has 1 saturated carbocycles. The van der Waals surface area contributed by atoms with Crippen molar-refractivity contribution in [2.24, 2.45) is 4.99 Å². The molecule has 5 heteroatoms. The third-order valence-corrected chi connectivity index (χ3v) is 6.45. The summed E-state index contributed by atoms with van der Waals surface area (Å²) < 4.78 is 27.1. The van der Waals surface area contributed by atoms with E-state index in [2.05, 4.69) is 4.72 Å². The number of benzene rings is 1. The molecule has 0 atom stereocenters. The number of rotatable bonds is 1. The summed E-state index contributed by atoms with van der Waals surface area (Å²) >= 11 is 0. The van der Waals surface area contributed by atoms with E-state index < -0.39 is 10.0 Å². The molecule has 1 aliphatic heterocycles. The SMILES string of the molecule is O=S1(=O)NC(=NC2CCCCCCCCCCC2)c2ccccc21. The predicted octanol–water partition coefficient (Wildman–Crippen LogP) is 4.40. The molecule has 0 unspecified atom stereocenters. The number of aliphatic imine (C=N–C) groups is 1. The van der Waals surface area contributed by atoms with Crippen LogP contribution in [0.2, 0.25) is 0 Å². The molecule has 1 aliphatic carbocycles. The lowest BCUT2D eigenvalue weighted by atomic mass is 9.98. The second-order valence-electron chi connectivity index (χ2n) is 6.99. The van der Waals surface area contributed by atoms with E-state index in [9.17, 15) is 8.42 Å². The Labute approximate surface area is 145 Å². The summed E-state index contributed by atoms with van der Waals surface area (Å²) in [7, 11) is -3.43. The molecule has 0 amide bonds. The van der Waals surface area contributed by atoms with Crippen LogP contribution in [0.5, 0.6) is 0 Å². The number of sulfonamides is 1. The fraction of sp³-hybridized carbons (Fsp3) is 0.632. The van der Waals surface area contributed by atoms with Gasteiger partial charge in [-0.05, 0) is 25.0 Å². The third kappa shape index (κ3) is 4.38. The number of hydrogen-bond acceptors (Lipinski definition) is 3. The highest BCUT2D eigenvalue weighted by Crippen LogP contribution is 2.25. The lowest BCUT2D eigenvalue weighted by molar-refractivity contribution is 0.466. The summed E-state index contributed by atoms with van der Waals surface area (Å²) in [6.45, 7) is 0. The Hall–Kier alpha value is -1.36. The average molecular weight is 349 g/mol. The van der Waals surface area contributed by atoms with Gasteiger partial charge in [0.05, 0.1) is 10.9 Å². The average Bonchev–Trinajstić information content (AvgIpc) is 2.81. The van der Waals surface area contributed by atoms with Crippen molar-refractivity contribution >= 4 is 15.9 Å². The van der Waals surface area contributed by atoms with Crippen LogP contribution >= 0.6 is 0 Å². The predicted molar refractivity (Wildman–Crippen MR) is 97.9 cm³/mol. The van der Waals surface area contributed by atoms with Crippen molar-refractivity contribution < 1.29 is 8.42 Å². The first kappa shape index (κ1) is 17.5. The Balaban J connectivity index is 1.75. The molecule has 0 aromatic heterocycles. The minimum absolute atomic E-state index is 0.230. The molecule has 24 heavy (non-hydrogen) atoms. The van der Waals surface area contributed by atoms with Crippen molar-refractivity contribution in [3.8, 4) is 0 Å². The fourth-order valence-corrected chi connectivity index (χ4v) is 4.92. The highest BCUT2D eigenvalue weighted by atomic mass is 32.2. The maximum atomic E-state index is 12.2. The maximum Gasteiger partial charge on any atom is 0.263 e. The quantitative estimate of drug-likeness (QED) is 0.818. The van der Waals surface area contributed by atoms with Gasteiger partial charge in [0.1, 0.15) is 5.84 Å². The minimum Gasteiger partial charge on any atom is -0.264 e. The number of fused-ring (bicyclic) bond motifs is 1. The third-order valence-electron chi connectivity index (χ3n) is 5.05. The molecule has 0 spiro atoms. The van der Waals surface area contributed by atoms with Crippen LogP contribution in [0.4, 0.5) is 0 Å². The molecule has 1 aromatic rings. The van der Waals surface area contributed by atoms with E-state index in [1.165, 1.54) is 57.8 Å². The van der Waals surface area contributed by atoms with Gasteiger partial charge in [0, 0.05) is 5.56 Å². The molecule has 132 valence electrons. The van der Waals surface area contributed by atoms with Gasteiger partial charge in [0.2, 0.25) is 0 Å². The smallest absolute Gasteiger partial charge is 0.263 e. The first-order valence-corrected chi connectivity index (χ1v) is 10.9. The Bertz CT molecular complexity index is 670. The first-order chi connectivity index (χ1) is 11.7. The van der Waals surface area contributed by atoms with Crippen LogP contribution in [0, 0.1) is 0 Å². The van der Waals surface area contributed by atoms with Crippen LogP contribution in [-0.4, -0.2) is 20.3 Å². The zero-order valence-corrected chi connectivity index (χ0v) is 15.2. The van der Waals surface area contributed by atoms with Gasteiger partial charge in [-0.15, -0.1) is 0 Å². The summed E-state index contributed by atoms with van der Waals surface area (Å²) in [6, 6.07) is 7.37. The van der Waals surface area contributed by atoms with E-state index in [1.807, 2.05) is 12.1 Å². The number of nitrogens with one attached hydrogen (secondary N) is 1. The Morgan fingerprint density at radius 1 is 0.833 bits per heavy atom. The van der Waals surface area contributed by atoms with Crippen LogP contribution in [0.25, 0.3) is 0 Å². The Morgan fingerprint density at radius 2 is 1.38 bits per heavy atom. The number of amidine groups is 1. The van der Waals surface area contributed by atoms with E-state index in [1.54, 1.807) is 12.1 Å². The lowest BCUT2D eigenvalue weighted by Crippen LogP contribution is -2.24. The van der Waals surface area contributed by atoms with E-state index in [-0.39, 0.29) is 6.04 Å². The van der Waals surface area contributed by atoms with Gasteiger partial charge >= 0.3 is 0 Å². The highest BCUT2D eigenvalue weighted by molar-refractivity contribution is 7.90. The summed E-state index contributed by atoms with van der Waals surface area (Å²) in [6.07, 6.45) is 13.8.